The quantitative estimate of drug-likeness (QED) is 0.820. The summed E-state index contributed by atoms with van der Waals surface area (Å²) >= 11 is 1.55. The average Bonchev–Trinajstić information content (AvgIpc) is 2.60. The fourth-order valence-electron chi connectivity index (χ4n) is 1.99. The van der Waals surface area contributed by atoms with E-state index in [1.165, 1.54) is 12.7 Å². The summed E-state index contributed by atoms with van der Waals surface area (Å²) in [6.45, 7) is 1.85. The highest BCUT2D eigenvalue weighted by Crippen LogP contribution is 2.21. The van der Waals surface area contributed by atoms with E-state index < -0.39 is 5.97 Å². The molecule has 0 saturated carbocycles. The Balaban J connectivity index is 1.97. The highest BCUT2D eigenvalue weighted by atomic mass is 32.2. The van der Waals surface area contributed by atoms with Gasteiger partial charge in [-0.25, -0.2) is 4.79 Å². The molecule has 0 aromatic heterocycles. The lowest BCUT2D eigenvalue weighted by atomic mass is 10.2. The molecule has 0 aliphatic carbocycles. The first-order valence-electron chi connectivity index (χ1n) is 7.25. The van der Waals surface area contributed by atoms with Crippen LogP contribution in [-0.2, 0) is 15.3 Å². The van der Waals surface area contributed by atoms with E-state index in [0.29, 0.717) is 11.3 Å². The molecule has 0 unspecified atom stereocenters. The Morgan fingerprint density at radius 3 is 2.43 bits per heavy atom. The Morgan fingerprint density at radius 1 is 1.09 bits per heavy atom. The van der Waals surface area contributed by atoms with Crippen LogP contribution in [0.15, 0.2) is 54.6 Å². The van der Waals surface area contributed by atoms with Gasteiger partial charge in [0.1, 0.15) is 0 Å². The molecule has 1 N–H and O–H groups in total. The zero-order chi connectivity index (χ0) is 16.7. The summed E-state index contributed by atoms with van der Waals surface area (Å²) in [6, 6.07) is 16.8. The smallest absolute Gasteiger partial charge is 0.339 e. The Kier molecular flexibility index (Phi) is 6.23. The number of rotatable bonds is 6. The fraction of sp³-hybridized carbons (Fsp3) is 0.222. The fourth-order valence-corrected chi connectivity index (χ4v) is 2.83. The van der Waals surface area contributed by atoms with Crippen molar-refractivity contribution in [1.82, 2.24) is 0 Å². The second kappa shape index (κ2) is 8.39. The van der Waals surface area contributed by atoms with Crippen LogP contribution in [0.4, 0.5) is 5.69 Å². The molecule has 2 rings (SSSR count). The molecular weight excluding hydrogens is 310 g/mol. The van der Waals surface area contributed by atoms with E-state index in [4.69, 9.17) is 4.74 Å². The standard InChI is InChI=1S/C18H19NO3S/c1-13(23-12-14-8-4-3-5-9-14)17(20)19-16-11-7-6-10-15(16)18(21)22-2/h3-11,13H,12H2,1-2H3,(H,19,20)/t13-/m0/s1. The normalized spacial score (nSPS) is 11.6. The number of nitrogens with one attached hydrogen (secondary N) is 1. The first-order valence-corrected chi connectivity index (χ1v) is 8.30. The number of ether oxygens (including phenoxy) is 1. The molecule has 1 amide bonds. The summed E-state index contributed by atoms with van der Waals surface area (Å²) < 4.78 is 4.73. The zero-order valence-corrected chi connectivity index (χ0v) is 13.9. The third-order valence-corrected chi connectivity index (χ3v) is 4.52. The van der Waals surface area contributed by atoms with Gasteiger partial charge in [0.25, 0.3) is 0 Å². The predicted molar refractivity (Wildman–Crippen MR) is 93.6 cm³/mol. The molecule has 0 saturated heterocycles. The number of carbonyl (C=O) groups is 2. The molecule has 0 fully saturated rings. The predicted octanol–water partition coefficient (Wildman–Crippen LogP) is 3.73. The van der Waals surface area contributed by atoms with Crippen molar-refractivity contribution in [2.45, 2.75) is 17.9 Å². The van der Waals surface area contributed by atoms with E-state index in [1.807, 2.05) is 37.3 Å². The van der Waals surface area contributed by atoms with Gasteiger partial charge >= 0.3 is 5.97 Å². The molecule has 5 heteroatoms. The maximum absolute atomic E-state index is 12.3. The minimum absolute atomic E-state index is 0.137. The van der Waals surface area contributed by atoms with Gasteiger partial charge in [-0.2, -0.15) is 0 Å². The van der Waals surface area contributed by atoms with Crippen LogP contribution in [0.1, 0.15) is 22.8 Å². The van der Waals surface area contributed by atoms with Crippen LogP contribution < -0.4 is 5.32 Å². The molecular formula is C18H19NO3S. The molecule has 0 bridgehead atoms. The number of anilines is 1. The highest BCUT2D eigenvalue weighted by molar-refractivity contribution is 7.99. The van der Waals surface area contributed by atoms with Crippen LogP contribution in [0, 0.1) is 0 Å². The van der Waals surface area contributed by atoms with Gasteiger partial charge in [-0.3, -0.25) is 4.79 Å². The number of carbonyl (C=O) groups excluding carboxylic acids is 2. The van der Waals surface area contributed by atoms with Crippen LogP contribution >= 0.6 is 11.8 Å². The second-order valence-electron chi connectivity index (χ2n) is 4.97. The van der Waals surface area contributed by atoms with E-state index in [2.05, 4.69) is 5.32 Å². The van der Waals surface area contributed by atoms with E-state index in [9.17, 15) is 9.59 Å². The van der Waals surface area contributed by atoms with Crippen LogP contribution in [0.5, 0.6) is 0 Å². The van der Waals surface area contributed by atoms with Crippen LogP contribution in [0.2, 0.25) is 0 Å². The van der Waals surface area contributed by atoms with Gasteiger partial charge in [-0.15, -0.1) is 11.8 Å². The highest BCUT2D eigenvalue weighted by Gasteiger charge is 2.17. The number of hydrogen-bond donors (Lipinski definition) is 1. The minimum atomic E-state index is -0.467. The molecule has 2 aromatic carbocycles. The van der Waals surface area contributed by atoms with Crippen molar-refractivity contribution >= 4 is 29.3 Å². The van der Waals surface area contributed by atoms with Crippen molar-refractivity contribution in [3.05, 3.63) is 65.7 Å². The SMILES string of the molecule is COC(=O)c1ccccc1NC(=O)[C@H](C)SCc1ccccc1. The number of benzene rings is 2. The summed E-state index contributed by atoms with van der Waals surface area (Å²) in [7, 11) is 1.32. The molecule has 2 aromatic rings. The van der Waals surface area contributed by atoms with Crippen molar-refractivity contribution in [1.29, 1.82) is 0 Å². The van der Waals surface area contributed by atoms with Crippen LogP contribution in [-0.4, -0.2) is 24.2 Å². The van der Waals surface area contributed by atoms with Crippen molar-refractivity contribution in [2.75, 3.05) is 12.4 Å². The first-order chi connectivity index (χ1) is 11.1. The summed E-state index contributed by atoms with van der Waals surface area (Å²) in [4.78, 5) is 24.0. The van der Waals surface area contributed by atoms with Gasteiger partial charge in [0.2, 0.25) is 5.91 Å². The monoisotopic (exact) mass is 329 g/mol. The minimum Gasteiger partial charge on any atom is -0.465 e. The molecule has 120 valence electrons. The van der Waals surface area contributed by atoms with Gasteiger partial charge in [0.15, 0.2) is 0 Å². The Bertz CT molecular complexity index is 673. The number of esters is 1. The van der Waals surface area contributed by atoms with Crippen molar-refractivity contribution in [2.24, 2.45) is 0 Å². The molecule has 0 spiro atoms. The molecule has 0 radical (unpaired) electrons. The maximum Gasteiger partial charge on any atom is 0.339 e. The molecule has 0 aliphatic heterocycles. The number of hydrogen-bond acceptors (Lipinski definition) is 4. The number of methoxy groups -OCH3 is 1. The Hall–Kier alpha value is -2.27. The van der Waals surface area contributed by atoms with Gasteiger partial charge in [0.05, 0.1) is 23.6 Å². The molecule has 0 aliphatic rings. The lowest BCUT2D eigenvalue weighted by Gasteiger charge is -2.14. The van der Waals surface area contributed by atoms with Gasteiger partial charge < -0.3 is 10.1 Å². The van der Waals surface area contributed by atoms with Gasteiger partial charge in [-0.1, -0.05) is 42.5 Å². The molecule has 23 heavy (non-hydrogen) atoms. The van der Waals surface area contributed by atoms with Crippen molar-refractivity contribution < 1.29 is 14.3 Å². The summed E-state index contributed by atoms with van der Waals surface area (Å²) in [5.74, 6) is 0.154. The largest absolute Gasteiger partial charge is 0.465 e. The van der Waals surface area contributed by atoms with Crippen LogP contribution in [0.25, 0.3) is 0 Å². The number of para-hydroxylation sites is 1. The second-order valence-corrected chi connectivity index (χ2v) is 6.29. The van der Waals surface area contributed by atoms with Crippen molar-refractivity contribution in [3.63, 3.8) is 0 Å². The van der Waals surface area contributed by atoms with Gasteiger partial charge in [-0.05, 0) is 24.6 Å². The van der Waals surface area contributed by atoms with E-state index >= 15 is 0 Å². The Labute approximate surface area is 140 Å². The molecule has 0 heterocycles. The zero-order valence-electron chi connectivity index (χ0n) is 13.1. The van der Waals surface area contributed by atoms with E-state index in [0.717, 1.165) is 5.75 Å². The van der Waals surface area contributed by atoms with E-state index in [-0.39, 0.29) is 11.2 Å². The molecule has 1 atom stereocenters. The Morgan fingerprint density at radius 2 is 1.74 bits per heavy atom. The van der Waals surface area contributed by atoms with Crippen molar-refractivity contribution in [3.8, 4) is 0 Å². The summed E-state index contributed by atoms with van der Waals surface area (Å²) in [6.07, 6.45) is 0. The third kappa shape index (κ3) is 4.86. The average molecular weight is 329 g/mol. The lowest BCUT2D eigenvalue weighted by molar-refractivity contribution is -0.115. The third-order valence-electron chi connectivity index (χ3n) is 3.30. The first kappa shape index (κ1) is 17.1. The van der Waals surface area contributed by atoms with E-state index in [1.54, 1.807) is 36.0 Å². The number of amides is 1. The number of thioether (sulfide) groups is 1. The summed E-state index contributed by atoms with van der Waals surface area (Å²) in [5, 5.41) is 2.57. The maximum atomic E-state index is 12.3. The molecule has 4 nitrogen and oxygen atoms in total. The lowest BCUT2D eigenvalue weighted by Crippen LogP contribution is -2.24. The summed E-state index contributed by atoms with van der Waals surface area (Å²) in [5.41, 5.74) is 1.99. The van der Waals surface area contributed by atoms with Gasteiger partial charge in [0, 0.05) is 5.75 Å². The van der Waals surface area contributed by atoms with Crippen LogP contribution in [0.3, 0.4) is 0 Å². The topological polar surface area (TPSA) is 55.4 Å².